The molecule has 0 unspecified atom stereocenters. The van der Waals surface area contributed by atoms with Gasteiger partial charge in [0, 0.05) is 36.6 Å². The number of aliphatic hydroxyl groups is 1. The van der Waals surface area contributed by atoms with Gasteiger partial charge in [-0.1, -0.05) is 11.6 Å². The number of carbonyl (C=O) groups excluding carboxylic acids is 2. The first-order valence-electron chi connectivity index (χ1n) is 12.2. The van der Waals surface area contributed by atoms with Crippen LogP contribution < -0.4 is 4.74 Å². The number of ether oxygens (including phenoxy) is 2. The zero-order chi connectivity index (χ0) is 26.5. The van der Waals surface area contributed by atoms with Crippen LogP contribution in [-0.2, 0) is 9.53 Å². The van der Waals surface area contributed by atoms with Crippen molar-refractivity contribution < 1.29 is 24.2 Å². The Kier molecular flexibility index (Phi) is 6.31. The summed E-state index contributed by atoms with van der Waals surface area (Å²) >= 11 is 6.23. The summed E-state index contributed by atoms with van der Waals surface area (Å²) in [6.45, 7) is 6.22. The number of piperidine rings is 1. The molecule has 2 fully saturated rings. The Bertz CT molecular complexity index is 1330. The summed E-state index contributed by atoms with van der Waals surface area (Å²) in [5, 5.41) is 20.2. The summed E-state index contributed by atoms with van der Waals surface area (Å²) < 4.78 is 14.4. The van der Waals surface area contributed by atoms with Gasteiger partial charge in [-0.15, -0.1) is 0 Å². The predicted molar refractivity (Wildman–Crippen MR) is 136 cm³/mol. The SMILES string of the molecule is COc1cc(-c2cnn(C3CCN(C(=O)C4(O)CN(C(=O)OC(C)(C)C)C4)CC3)c2)cn2ncc(Cl)c12. The fraction of sp³-hybridized carbons (Fsp3) is 0.520. The summed E-state index contributed by atoms with van der Waals surface area (Å²) in [6, 6.07) is 2.03. The third kappa shape index (κ3) is 4.85. The van der Waals surface area contributed by atoms with Crippen molar-refractivity contribution in [2.75, 3.05) is 33.3 Å². The van der Waals surface area contributed by atoms with Gasteiger partial charge in [-0.2, -0.15) is 10.2 Å². The topological polar surface area (TPSA) is 114 Å². The third-order valence-electron chi connectivity index (χ3n) is 6.77. The van der Waals surface area contributed by atoms with E-state index in [1.165, 1.54) is 4.90 Å². The lowest BCUT2D eigenvalue weighted by Gasteiger charge is -2.47. The molecule has 0 bridgehead atoms. The zero-order valence-electron chi connectivity index (χ0n) is 21.3. The average Bonchev–Trinajstić information content (AvgIpc) is 3.47. The first kappa shape index (κ1) is 25.3. The van der Waals surface area contributed by atoms with E-state index in [9.17, 15) is 14.7 Å². The summed E-state index contributed by atoms with van der Waals surface area (Å²) in [7, 11) is 1.59. The van der Waals surface area contributed by atoms with E-state index in [2.05, 4.69) is 10.2 Å². The minimum absolute atomic E-state index is 0.0571. The minimum atomic E-state index is -1.56. The maximum absolute atomic E-state index is 13.0. The van der Waals surface area contributed by atoms with Crippen molar-refractivity contribution in [3.8, 4) is 16.9 Å². The highest BCUT2D eigenvalue weighted by Crippen LogP contribution is 2.33. The number of amides is 2. The number of β-amino-alcohol motifs (C(OH)–C–C–N with tert-alkyl or cyclic N) is 1. The standard InChI is InChI=1S/C25H31ClN6O5/c1-24(2,3)37-23(34)30-14-25(35,15-30)22(33)29-7-5-18(6-8-29)31-13-17(10-27-31)16-9-20(36-4)21-19(26)11-28-32(21)12-16/h9-13,18,35H,5-8,14-15H2,1-4H3. The van der Waals surface area contributed by atoms with E-state index in [1.54, 1.807) is 49.7 Å². The molecule has 0 aliphatic carbocycles. The quantitative estimate of drug-likeness (QED) is 0.551. The van der Waals surface area contributed by atoms with Gasteiger partial charge in [0.15, 0.2) is 5.60 Å². The molecule has 2 saturated heterocycles. The molecule has 0 saturated carbocycles. The van der Waals surface area contributed by atoms with Gasteiger partial charge >= 0.3 is 6.09 Å². The maximum atomic E-state index is 13.0. The fourth-order valence-electron chi connectivity index (χ4n) is 4.85. The van der Waals surface area contributed by atoms with Gasteiger partial charge in [0.05, 0.1) is 43.7 Å². The van der Waals surface area contributed by atoms with Crippen LogP contribution in [0.15, 0.2) is 30.9 Å². The van der Waals surface area contributed by atoms with Crippen LogP contribution in [0.1, 0.15) is 39.7 Å². The lowest BCUT2D eigenvalue weighted by Crippen LogP contribution is -2.70. The molecule has 11 nitrogen and oxygen atoms in total. The lowest BCUT2D eigenvalue weighted by molar-refractivity contribution is -0.169. The number of aromatic nitrogens is 4. The van der Waals surface area contributed by atoms with E-state index >= 15 is 0 Å². The van der Waals surface area contributed by atoms with E-state index in [1.807, 2.05) is 23.1 Å². The molecule has 0 spiro atoms. The monoisotopic (exact) mass is 530 g/mol. The Morgan fingerprint density at radius 2 is 1.78 bits per heavy atom. The molecule has 1 N–H and O–H groups in total. The van der Waals surface area contributed by atoms with Crippen LogP contribution in [0.25, 0.3) is 16.6 Å². The molecular weight excluding hydrogens is 500 g/mol. The van der Waals surface area contributed by atoms with E-state index in [0.29, 0.717) is 42.2 Å². The first-order valence-corrected chi connectivity index (χ1v) is 12.6. The van der Waals surface area contributed by atoms with E-state index < -0.39 is 17.3 Å². The fourth-order valence-corrected chi connectivity index (χ4v) is 5.08. The van der Waals surface area contributed by atoms with Gasteiger partial charge in [0.1, 0.15) is 16.9 Å². The molecular formula is C25H31ClN6O5. The van der Waals surface area contributed by atoms with Crippen molar-refractivity contribution in [1.82, 2.24) is 29.2 Å². The summed E-state index contributed by atoms with van der Waals surface area (Å²) in [4.78, 5) is 28.2. The molecule has 5 rings (SSSR count). The van der Waals surface area contributed by atoms with Crippen LogP contribution in [0.2, 0.25) is 5.02 Å². The molecule has 3 aromatic heterocycles. The van der Waals surface area contributed by atoms with Crippen molar-refractivity contribution >= 4 is 29.1 Å². The Labute approximate surface area is 219 Å². The van der Waals surface area contributed by atoms with Crippen molar-refractivity contribution in [1.29, 1.82) is 0 Å². The molecule has 2 aliphatic heterocycles. The van der Waals surface area contributed by atoms with Gasteiger partial charge in [-0.05, 0) is 39.7 Å². The van der Waals surface area contributed by atoms with Crippen molar-refractivity contribution in [2.45, 2.75) is 50.9 Å². The van der Waals surface area contributed by atoms with Crippen LogP contribution in [-0.4, -0.2) is 90.8 Å². The van der Waals surface area contributed by atoms with Crippen molar-refractivity contribution in [2.24, 2.45) is 0 Å². The molecule has 0 radical (unpaired) electrons. The van der Waals surface area contributed by atoms with E-state index in [4.69, 9.17) is 21.1 Å². The Morgan fingerprint density at radius 3 is 2.43 bits per heavy atom. The Balaban J connectivity index is 1.20. The lowest BCUT2D eigenvalue weighted by atomic mass is 9.91. The first-order chi connectivity index (χ1) is 17.5. The molecule has 12 heteroatoms. The van der Waals surface area contributed by atoms with Gasteiger partial charge < -0.3 is 24.4 Å². The van der Waals surface area contributed by atoms with Gasteiger partial charge in [0.25, 0.3) is 5.91 Å². The van der Waals surface area contributed by atoms with Gasteiger partial charge in [-0.3, -0.25) is 9.48 Å². The number of fused-ring (bicyclic) bond motifs is 1. The largest absolute Gasteiger partial charge is 0.494 e. The molecule has 198 valence electrons. The second-order valence-corrected chi connectivity index (χ2v) is 11.1. The second kappa shape index (κ2) is 9.21. The van der Waals surface area contributed by atoms with Crippen LogP contribution in [0, 0.1) is 0 Å². The molecule has 3 aromatic rings. The molecule has 0 aromatic carbocycles. The van der Waals surface area contributed by atoms with Crippen LogP contribution >= 0.6 is 11.6 Å². The number of hydrogen-bond donors (Lipinski definition) is 1. The highest BCUT2D eigenvalue weighted by Gasteiger charge is 2.52. The average molecular weight is 531 g/mol. The molecule has 0 atom stereocenters. The molecule has 5 heterocycles. The molecule has 2 amide bonds. The highest BCUT2D eigenvalue weighted by molar-refractivity contribution is 6.34. The predicted octanol–water partition coefficient (Wildman–Crippen LogP) is 3.01. The highest BCUT2D eigenvalue weighted by atomic mass is 35.5. The second-order valence-electron chi connectivity index (χ2n) is 10.7. The number of pyridine rings is 1. The Hall–Kier alpha value is -3.31. The van der Waals surface area contributed by atoms with Crippen LogP contribution in [0.4, 0.5) is 4.79 Å². The summed E-state index contributed by atoms with van der Waals surface area (Å²) in [5.41, 5.74) is 0.325. The van der Waals surface area contributed by atoms with Gasteiger partial charge in [-0.25, -0.2) is 9.31 Å². The minimum Gasteiger partial charge on any atom is -0.494 e. The number of hydrogen-bond acceptors (Lipinski definition) is 7. The number of likely N-dealkylation sites (tertiary alicyclic amines) is 2. The zero-order valence-corrected chi connectivity index (χ0v) is 22.1. The number of carbonyl (C=O) groups is 2. The van der Waals surface area contributed by atoms with Crippen molar-refractivity contribution in [3.63, 3.8) is 0 Å². The Morgan fingerprint density at radius 1 is 1.08 bits per heavy atom. The maximum Gasteiger partial charge on any atom is 0.410 e. The van der Waals surface area contributed by atoms with Gasteiger partial charge in [0.2, 0.25) is 0 Å². The van der Waals surface area contributed by atoms with E-state index in [0.717, 1.165) is 11.1 Å². The van der Waals surface area contributed by atoms with Crippen LogP contribution in [0.5, 0.6) is 5.75 Å². The summed E-state index contributed by atoms with van der Waals surface area (Å²) in [5.74, 6) is 0.281. The molecule has 37 heavy (non-hydrogen) atoms. The smallest absolute Gasteiger partial charge is 0.410 e. The normalized spacial score (nSPS) is 18.1. The van der Waals surface area contributed by atoms with E-state index in [-0.39, 0.29) is 25.0 Å². The summed E-state index contributed by atoms with van der Waals surface area (Å²) in [6.07, 6.45) is 8.12. The third-order valence-corrected chi connectivity index (χ3v) is 7.04. The number of rotatable bonds is 4. The number of methoxy groups -OCH3 is 1. The molecule has 2 aliphatic rings. The number of nitrogens with zero attached hydrogens (tertiary/aromatic N) is 6. The van der Waals surface area contributed by atoms with Crippen molar-refractivity contribution in [3.05, 3.63) is 35.9 Å². The van der Waals surface area contributed by atoms with Crippen LogP contribution in [0.3, 0.4) is 0 Å². The number of halogens is 1.